The van der Waals surface area contributed by atoms with Gasteiger partial charge in [-0.05, 0) is 65.0 Å². The lowest BCUT2D eigenvalue weighted by molar-refractivity contribution is 0.0546. The number of hydrogen-bond acceptors (Lipinski definition) is 6. The van der Waals surface area contributed by atoms with E-state index in [0.717, 1.165) is 5.39 Å². The minimum Gasteiger partial charge on any atom is -0.478 e. The van der Waals surface area contributed by atoms with Gasteiger partial charge in [0.2, 0.25) is 0 Å². The number of carbonyl (C=O) groups is 2. The van der Waals surface area contributed by atoms with Crippen LogP contribution in [0.1, 0.15) is 45.0 Å². The first-order valence-corrected chi connectivity index (χ1v) is 11.1. The van der Waals surface area contributed by atoms with Gasteiger partial charge >= 0.3 is 12.1 Å². The molecule has 1 N–H and O–H groups in total. The molecule has 0 spiro atoms. The fourth-order valence-electron chi connectivity index (χ4n) is 3.67. The summed E-state index contributed by atoms with van der Waals surface area (Å²) in [5.41, 5.74) is 2.21. The molecule has 176 valence electrons. The quantitative estimate of drug-likeness (QED) is 0.425. The average molecular weight is 461 g/mol. The molecule has 4 aromatic rings. The molecular weight excluding hydrogens is 432 g/mol. The van der Waals surface area contributed by atoms with Crippen LogP contribution in [0.2, 0.25) is 0 Å². The van der Waals surface area contributed by atoms with E-state index < -0.39 is 17.7 Å². The number of para-hydroxylation sites is 1. The van der Waals surface area contributed by atoms with Crippen molar-refractivity contribution in [1.82, 2.24) is 14.5 Å². The summed E-state index contributed by atoms with van der Waals surface area (Å²) in [5.74, 6) is -0.491. The highest BCUT2D eigenvalue weighted by Crippen LogP contribution is 2.35. The minimum atomic E-state index is -1.03. The summed E-state index contributed by atoms with van der Waals surface area (Å²) in [6.07, 6.45) is -0.509. The topological polar surface area (TPSA) is 97.5 Å². The first kappa shape index (κ1) is 23.2. The van der Waals surface area contributed by atoms with Crippen molar-refractivity contribution in [3.05, 3.63) is 54.1 Å². The Bertz CT molecular complexity index is 1420. The number of anilines is 1. The fraction of sp³-hybridized carbons (Fsp3) is 0.308. The van der Waals surface area contributed by atoms with Crippen LogP contribution in [-0.4, -0.2) is 50.4 Å². The molecule has 0 aliphatic carbocycles. The van der Waals surface area contributed by atoms with Crippen LogP contribution in [0.4, 0.5) is 10.6 Å². The molecule has 0 amide bonds. The Balaban J connectivity index is 2.04. The van der Waals surface area contributed by atoms with Crippen molar-refractivity contribution in [2.75, 3.05) is 11.9 Å². The number of rotatable bonds is 4. The van der Waals surface area contributed by atoms with Crippen LogP contribution in [0.3, 0.4) is 0 Å². The monoisotopic (exact) mass is 460 g/mol. The van der Waals surface area contributed by atoms with E-state index in [1.54, 1.807) is 6.07 Å². The van der Waals surface area contributed by atoms with E-state index >= 15 is 0 Å². The Kier molecular flexibility index (Phi) is 5.77. The highest BCUT2D eigenvalue weighted by atomic mass is 16.6. The predicted molar refractivity (Wildman–Crippen MR) is 133 cm³/mol. The van der Waals surface area contributed by atoms with Gasteiger partial charge in [0.25, 0.3) is 0 Å². The van der Waals surface area contributed by atoms with Crippen molar-refractivity contribution in [2.45, 2.75) is 46.3 Å². The number of nitrogens with zero attached hydrogens (tertiary/aromatic N) is 4. The van der Waals surface area contributed by atoms with E-state index in [4.69, 9.17) is 14.7 Å². The van der Waals surface area contributed by atoms with Gasteiger partial charge in [0.1, 0.15) is 11.3 Å². The van der Waals surface area contributed by atoms with E-state index in [1.165, 1.54) is 16.7 Å². The number of carbonyl (C=O) groups excluding carboxylic acids is 1. The van der Waals surface area contributed by atoms with Crippen LogP contribution in [0.5, 0.6) is 0 Å². The maximum absolute atomic E-state index is 13.3. The van der Waals surface area contributed by atoms with E-state index in [-0.39, 0.29) is 11.6 Å². The third kappa shape index (κ3) is 4.31. The Labute approximate surface area is 197 Å². The van der Waals surface area contributed by atoms with Gasteiger partial charge < -0.3 is 14.7 Å². The SMILES string of the molecule is CC(C)N(C)c1nc2cc(C(=O)O)ccc2nc1-c1cc2ccccc2n1C(=O)OC(C)(C)C. The van der Waals surface area contributed by atoms with Crippen LogP contribution in [-0.2, 0) is 4.74 Å². The predicted octanol–water partition coefficient (Wildman–Crippen LogP) is 5.58. The van der Waals surface area contributed by atoms with Crippen molar-refractivity contribution in [3.8, 4) is 11.4 Å². The van der Waals surface area contributed by atoms with Gasteiger partial charge in [0.15, 0.2) is 5.82 Å². The molecule has 0 fully saturated rings. The Morgan fingerprint density at radius 3 is 2.38 bits per heavy atom. The van der Waals surface area contributed by atoms with Gasteiger partial charge in [-0.1, -0.05) is 18.2 Å². The third-order valence-electron chi connectivity index (χ3n) is 5.53. The lowest BCUT2D eigenvalue weighted by atomic mass is 10.1. The summed E-state index contributed by atoms with van der Waals surface area (Å²) in [7, 11) is 1.89. The van der Waals surface area contributed by atoms with Crippen LogP contribution in [0.15, 0.2) is 48.5 Å². The number of carboxylic acid groups (broad SMARTS) is 1. The second-order valence-corrected chi connectivity index (χ2v) is 9.51. The van der Waals surface area contributed by atoms with Crippen molar-refractivity contribution >= 4 is 39.8 Å². The summed E-state index contributed by atoms with van der Waals surface area (Å²) < 4.78 is 7.25. The lowest BCUT2D eigenvalue weighted by Gasteiger charge is -2.26. The molecular formula is C26H28N4O4. The number of fused-ring (bicyclic) bond motifs is 2. The molecule has 34 heavy (non-hydrogen) atoms. The van der Waals surface area contributed by atoms with Crippen LogP contribution >= 0.6 is 0 Å². The second-order valence-electron chi connectivity index (χ2n) is 9.51. The minimum absolute atomic E-state index is 0.0764. The molecule has 0 atom stereocenters. The maximum Gasteiger partial charge on any atom is 0.419 e. The first-order valence-electron chi connectivity index (χ1n) is 11.1. The van der Waals surface area contributed by atoms with Crippen LogP contribution in [0.25, 0.3) is 33.3 Å². The normalized spacial score (nSPS) is 11.9. The number of aromatic nitrogens is 3. The zero-order valence-electron chi connectivity index (χ0n) is 20.2. The number of ether oxygens (including phenoxy) is 1. The summed E-state index contributed by atoms with van der Waals surface area (Å²) in [6.45, 7) is 9.51. The Morgan fingerprint density at radius 1 is 1.03 bits per heavy atom. The van der Waals surface area contributed by atoms with Crippen LogP contribution < -0.4 is 4.90 Å². The molecule has 4 rings (SSSR count). The van der Waals surface area contributed by atoms with Crippen LogP contribution in [0, 0.1) is 0 Å². The second kappa shape index (κ2) is 8.44. The molecule has 0 bridgehead atoms. The Hall–Kier alpha value is -3.94. The molecule has 0 aliphatic heterocycles. The summed E-state index contributed by atoms with van der Waals surface area (Å²) in [4.78, 5) is 36.4. The maximum atomic E-state index is 13.3. The van der Waals surface area contributed by atoms with Crippen molar-refractivity contribution in [2.24, 2.45) is 0 Å². The van der Waals surface area contributed by atoms with Gasteiger partial charge in [0.05, 0.1) is 27.8 Å². The van der Waals surface area contributed by atoms with Crippen molar-refractivity contribution < 1.29 is 19.4 Å². The highest BCUT2D eigenvalue weighted by Gasteiger charge is 2.27. The summed E-state index contributed by atoms with van der Waals surface area (Å²) in [6, 6.07) is 14.2. The van der Waals surface area contributed by atoms with E-state index in [0.29, 0.717) is 33.8 Å². The lowest BCUT2D eigenvalue weighted by Crippen LogP contribution is -2.29. The molecule has 2 aromatic heterocycles. The molecule has 8 heteroatoms. The van der Waals surface area contributed by atoms with Gasteiger partial charge in [-0.2, -0.15) is 0 Å². The fourth-order valence-corrected chi connectivity index (χ4v) is 3.67. The standard InChI is InChI=1S/C26H28N4O4/c1-15(2)29(6)23-22(27-18-12-11-17(24(31)32)13-19(18)28-23)21-14-16-9-7-8-10-20(16)30(21)25(33)34-26(3,4)5/h7-15H,1-6H3,(H,31,32). The summed E-state index contributed by atoms with van der Waals surface area (Å²) in [5, 5.41) is 10.3. The van der Waals surface area contributed by atoms with Crippen molar-refractivity contribution in [1.29, 1.82) is 0 Å². The number of aromatic carboxylic acids is 1. The smallest absolute Gasteiger partial charge is 0.419 e. The molecule has 0 saturated carbocycles. The third-order valence-corrected chi connectivity index (χ3v) is 5.53. The van der Waals surface area contributed by atoms with Crippen molar-refractivity contribution in [3.63, 3.8) is 0 Å². The number of benzene rings is 2. The van der Waals surface area contributed by atoms with Gasteiger partial charge in [-0.15, -0.1) is 0 Å². The highest BCUT2D eigenvalue weighted by molar-refractivity contribution is 5.98. The molecule has 2 aromatic carbocycles. The number of hydrogen-bond donors (Lipinski definition) is 1. The number of carboxylic acids is 1. The first-order chi connectivity index (χ1) is 16.0. The van der Waals surface area contributed by atoms with Gasteiger partial charge in [-0.25, -0.2) is 24.1 Å². The van der Waals surface area contributed by atoms with Gasteiger partial charge in [0, 0.05) is 18.5 Å². The average Bonchev–Trinajstić information content (AvgIpc) is 3.15. The van der Waals surface area contributed by atoms with E-state index in [2.05, 4.69) is 0 Å². The van der Waals surface area contributed by atoms with E-state index in [1.807, 2.05) is 76.9 Å². The zero-order valence-corrected chi connectivity index (χ0v) is 20.2. The van der Waals surface area contributed by atoms with E-state index in [9.17, 15) is 14.7 Å². The molecule has 0 unspecified atom stereocenters. The molecule has 8 nitrogen and oxygen atoms in total. The molecule has 0 radical (unpaired) electrons. The molecule has 0 saturated heterocycles. The van der Waals surface area contributed by atoms with Gasteiger partial charge in [-0.3, -0.25) is 0 Å². The molecule has 0 aliphatic rings. The Morgan fingerprint density at radius 2 is 1.74 bits per heavy atom. The largest absolute Gasteiger partial charge is 0.478 e. The zero-order chi connectivity index (χ0) is 24.8. The summed E-state index contributed by atoms with van der Waals surface area (Å²) >= 11 is 0. The molecule has 2 heterocycles.